The lowest BCUT2D eigenvalue weighted by atomic mass is 9.93. The summed E-state index contributed by atoms with van der Waals surface area (Å²) in [5.74, 6) is 6.20. The van der Waals surface area contributed by atoms with Crippen molar-refractivity contribution in [2.45, 2.75) is 27.2 Å². The molecule has 0 aliphatic heterocycles. The third-order valence-corrected chi connectivity index (χ3v) is 3.50. The third-order valence-electron chi connectivity index (χ3n) is 3.50. The van der Waals surface area contributed by atoms with E-state index in [1.165, 1.54) is 6.07 Å². The van der Waals surface area contributed by atoms with Gasteiger partial charge in [0.1, 0.15) is 0 Å². The number of aryl methyl sites for hydroxylation is 1. The first-order chi connectivity index (χ1) is 10.4. The van der Waals surface area contributed by atoms with E-state index < -0.39 is 0 Å². The summed E-state index contributed by atoms with van der Waals surface area (Å²) >= 11 is 0. The predicted octanol–water partition coefficient (Wildman–Crippen LogP) is 4.59. The van der Waals surface area contributed by atoms with Crippen LogP contribution in [0.5, 0.6) is 0 Å². The molecule has 0 aromatic heterocycles. The van der Waals surface area contributed by atoms with Crippen LogP contribution in [0, 0.1) is 27.4 Å². The van der Waals surface area contributed by atoms with Crippen molar-refractivity contribution in [3.05, 3.63) is 75.4 Å². The van der Waals surface area contributed by atoms with Gasteiger partial charge in [-0.05, 0) is 30.7 Å². The Kier molecular flexibility index (Phi) is 4.62. The molecule has 2 rings (SSSR count). The topological polar surface area (TPSA) is 43.1 Å². The quantitative estimate of drug-likeness (QED) is 0.455. The molecule has 0 saturated heterocycles. The molecule has 0 fully saturated rings. The molecule has 0 radical (unpaired) electrons. The number of allylic oxidation sites excluding steroid dienone is 6. The van der Waals surface area contributed by atoms with Crippen LogP contribution in [0.1, 0.15) is 31.9 Å². The first kappa shape index (κ1) is 15.8. The lowest BCUT2D eigenvalue weighted by molar-refractivity contribution is -0.385. The Morgan fingerprint density at radius 2 is 2.00 bits per heavy atom. The fourth-order valence-electron chi connectivity index (χ4n) is 2.17. The minimum Gasteiger partial charge on any atom is -0.258 e. The molecule has 0 atom stereocenters. The summed E-state index contributed by atoms with van der Waals surface area (Å²) < 4.78 is 0. The van der Waals surface area contributed by atoms with Gasteiger partial charge in [-0.15, -0.1) is 0 Å². The Morgan fingerprint density at radius 1 is 1.23 bits per heavy atom. The Labute approximate surface area is 131 Å². The highest BCUT2D eigenvalue weighted by molar-refractivity contribution is 5.52. The second-order valence-corrected chi connectivity index (χ2v) is 5.84. The molecule has 0 N–H and O–H groups in total. The monoisotopic (exact) mass is 293 g/mol. The molecule has 1 aliphatic carbocycles. The van der Waals surface area contributed by atoms with Gasteiger partial charge in [-0.3, -0.25) is 10.1 Å². The fourth-order valence-corrected chi connectivity index (χ4v) is 2.17. The Hall–Kier alpha value is -2.60. The molecule has 112 valence electrons. The third kappa shape index (κ3) is 3.95. The zero-order valence-electron chi connectivity index (χ0n) is 13.1. The zero-order chi connectivity index (χ0) is 16.2. The summed E-state index contributed by atoms with van der Waals surface area (Å²) in [6.45, 7) is 6.17. The number of rotatable bonds is 2. The molecule has 1 aliphatic rings. The maximum Gasteiger partial charge on any atom is 0.272 e. The van der Waals surface area contributed by atoms with Gasteiger partial charge in [0, 0.05) is 28.2 Å². The van der Waals surface area contributed by atoms with Crippen LogP contribution in [0.3, 0.4) is 0 Å². The molecule has 0 saturated carbocycles. The molecule has 3 nitrogen and oxygen atoms in total. The second-order valence-electron chi connectivity index (χ2n) is 5.84. The van der Waals surface area contributed by atoms with Crippen molar-refractivity contribution in [1.29, 1.82) is 0 Å². The Balaban J connectivity index is 2.28. The summed E-state index contributed by atoms with van der Waals surface area (Å²) in [4.78, 5) is 10.6. The van der Waals surface area contributed by atoms with Gasteiger partial charge < -0.3 is 0 Å². The van der Waals surface area contributed by atoms with E-state index in [0.29, 0.717) is 12.0 Å². The summed E-state index contributed by atoms with van der Waals surface area (Å²) in [7, 11) is 0. The van der Waals surface area contributed by atoms with Crippen molar-refractivity contribution in [2.24, 2.45) is 5.41 Å². The van der Waals surface area contributed by atoms with E-state index >= 15 is 0 Å². The summed E-state index contributed by atoms with van der Waals surface area (Å²) in [6, 6.07) is 5.03. The lowest BCUT2D eigenvalue weighted by Crippen LogP contribution is -2.00. The molecular formula is C19H19NO2. The molecule has 3 heteroatoms. The van der Waals surface area contributed by atoms with Crippen LogP contribution in [-0.4, -0.2) is 4.92 Å². The van der Waals surface area contributed by atoms with E-state index in [9.17, 15) is 10.1 Å². The van der Waals surface area contributed by atoms with E-state index in [0.717, 1.165) is 11.1 Å². The average molecular weight is 293 g/mol. The van der Waals surface area contributed by atoms with Gasteiger partial charge in [-0.2, -0.15) is 0 Å². The number of nitrogens with zero attached hydrogens (tertiary/aromatic N) is 1. The maximum atomic E-state index is 10.9. The van der Waals surface area contributed by atoms with Crippen LogP contribution in [0.25, 0.3) is 0 Å². The van der Waals surface area contributed by atoms with Crippen LogP contribution in [0.4, 0.5) is 5.69 Å². The SMILES string of the molecule is CCc1cc(C#CC2=CC=CC(C)(C)C=C2)ccc1[N+](=O)[O-]. The highest BCUT2D eigenvalue weighted by atomic mass is 16.6. The van der Waals surface area contributed by atoms with Crippen molar-refractivity contribution in [3.63, 3.8) is 0 Å². The summed E-state index contributed by atoms with van der Waals surface area (Å²) in [5, 5.41) is 10.9. The van der Waals surface area contributed by atoms with Gasteiger partial charge in [-0.1, -0.05) is 50.8 Å². The molecule has 0 heterocycles. The van der Waals surface area contributed by atoms with Gasteiger partial charge >= 0.3 is 0 Å². The first-order valence-corrected chi connectivity index (χ1v) is 7.29. The van der Waals surface area contributed by atoms with Crippen LogP contribution in [0.15, 0.2) is 54.2 Å². The van der Waals surface area contributed by atoms with E-state index in [1.807, 2.05) is 25.2 Å². The first-order valence-electron chi connectivity index (χ1n) is 7.29. The van der Waals surface area contributed by atoms with Gasteiger partial charge in [0.2, 0.25) is 0 Å². The van der Waals surface area contributed by atoms with Gasteiger partial charge in [0.05, 0.1) is 4.92 Å². The molecule has 0 bridgehead atoms. The van der Waals surface area contributed by atoms with Gasteiger partial charge in [-0.25, -0.2) is 0 Å². The fraction of sp³-hybridized carbons (Fsp3) is 0.263. The molecular weight excluding hydrogens is 274 g/mol. The van der Waals surface area contributed by atoms with Crippen molar-refractivity contribution < 1.29 is 4.92 Å². The normalized spacial score (nSPS) is 15.5. The van der Waals surface area contributed by atoms with Crippen LogP contribution in [0.2, 0.25) is 0 Å². The predicted molar refractivity (Wildman–Crippen MR) is 89.5 cm³/mol. The van der Waals surface area contributed by atoms with Gasteiger partial charge in [0.25, 0.3) is 5.69 Å². The number of hydrogen-bond acceptors (Lipinski definition) is 2. The summed E-state index contributed by atoms with van der Waals surface area (Å²) in [5.41, 5.74) is 2.62. The van der Waals surface area contributed by atoms with E-state index in [4.69, 9.17) is 0 Å². The highest BCUT2D eigenvalue weighted by Gasteiger charge is 2.12. The minimum absolute atomic E-state index is 0.0304. The van der Waals surface area contributed by atoms with Crippen LogP contribution in [-0.2, 0) is 6.42 Å². The van der Waals surface area contributed by atoms with E-state index in [1.54, 1.807) is 12.1 Å². The number of nitro benzene ring substituents is 1. The largest absolute Gasteiger partial charge is 0.272 e. The maximum absolute atomic E-state index is 10.9. The van der Waals surface area contributed by atoms with Gasteiger partial charge in [0.15, 0.2) is 0 Å². The minimum atomic E-state index is -0.348. The standard InChI is InChI=1S/C19H19NO2/c1-4-17-14-16(9-10-18(17)20(21)22)8-7-15-6-5-12-19(2,3)13-11-15/h5-6,9-14H,4H2,1-3H3. The Bertz CT molecular complexity index is 740. The number of benzene rings is 1. The average Bonchev–Trinajstić information content (AvgIpc) is 2.65. The van der Waals surface area contributed by atoms with E-state index in [2.05, 4.69) is 37.8 Å². The molecule has 0 amide bonds. The van der Waals surface area contributed by atoms with Crippen molar-refractivity contribution in [1.82, 2.24) is 0 Å². The highest BCUT2D eigenvalue weighted by Crippen LogP contribution is 2.23. The zero-order valence-corrected chi connectivity index (χ0v) is 13.1. The second kappa shape index (κ2) is 6.44. The molecule has 1 aromatic rings. The molecule has 22 heavy (non-hydrogen) atoms. The summed E-state index contributed by atoms with van der Waals surface area (Å²) in [6.07, 6.45) is 10.9. The van der Waals surface area contributed by atoms with E-state index in [-0.39, 0.29) is 16.0 Å². The Morgan fingerprint density at radius 3 is 2.68 bits per heavy atom. The van der Waals surface area contributed by atoms with Crippen molar-refractivity contribution in [2.75, 3.05) is 0 Å². The van der Waals surface area contributed by atoms with Crippen LogP contribution < -0.4 is 0 Å². The molecule has 1 aromatic carbocycles. The van der Waals surface area contributed by atoms with Crippen molar-refractivity contribution in [3.8, 4) is 11.8 Å². The lowest BCUT2D eigenvalue weighted by Gasteiger charge is -2.12. The van der Waals surface area contributed by atoms with Crippen LogP contribution >= 0.6 is 0 Å². The number of nitro groups is 1. The molecule has 0 spiro atoms. The number of hydrogen-bond donors (Lipinski definition) is 0. The molecule has 0 unspecified atom stereocenters. The van der Waals surface area contributed by atoms with Crippen molar-refractivity contribution >= 4 is 5.69 Å². The smallest absolute Gasteiger partial charge is 0.258 e.